The van der Waals surface area contributed by atoms with Gasteiger partial charge in [-0.15, -0.1) is 0 Å². The molecule has 10 heavy (non-hydrogen) atoms. The number of hydrogen-bond acceptors (Lipinski definition) is 2. The Bertz CT molecular complexity index is 139. The Balaban J connectivity index is 2.12. The summed E-state index contributed by atoms with van der Waals surface area (Å²) >= 11 is 0. The molecule has 0 aromatic heterocycles. The van der Waals surface area contributed by atoms with Gasteiger partial charge in [-0.3, -0.25) is 0 Å². The van der Waals surface area contributed by atoms with Crippen LogP contribution < -0.4 is 5.73 Å². The molecule has 0 aliphatic carbocycles. The van der Waals surface area contributed by atoms with Gasteiger partial charge in [-0.05, 0) is 12.8 Å². The SMILES string of the molecule is NCC#CCC1CCCO1. The van der Waals surface area contributed by atoms with Crippen molar-refractivity contribution in [2.45, 2.75) is 25.4 Å². The van der Waals surface area contributed by atoms with Crippen molar-refractivity contribution in [1.29, 1.82) is 0 Å². The van der Waals surface area contributed by atoms with Crippen LogP contribution in [-0.4, -0.2) is 19.3 Å². The van der Waals surface area contributed by atoms with E-state index in [1.165, 1.54) is 12.8 Å². The van der Waals surface area contributed by atoms with Crippen molar-refractivity contribution in [3.05, 3.63) is 0 Å². The number of rotatable bonds is 1. The molecule has 0 aromatic carbocycles. The topological polar surface area (TPSA) is 35.2 Å². The lowest BCUT2D eigenvalue weighted by molar-refractivity contribution is 0.115. The van der Waals surface area contributed by atoms with E-state index in [-0.39, 0.29) is 0 Å². The van der Waals surface area contributed by atoms with Crippen molar-refractivity contribution in [2.24, 2.45) is 5.73 Å². The lowest BCUT2D eigenvalue weighted by Gasteiger charge is -2.01. The third-order valence-electron chi connectivity index (χ3n) is 1.58. The number of nitrogens with two attached hydrogens (primary N) is 1. The third-order valence-corrected chi connectivity index (χ3v) is 1.58. The van der Waals surface area contributed by atoms with Gasteiger partial charge in [0.2, 0.25) is 0 Å². The second-order valence-corrected chi connectivity index (χ2v) is 2.40. The van der Waals surface area contributed by atoms with Crippen molar-refractivity contribution in [2.75, 3.05) is 13.2 Å². The van der Waals surface area contributed by atoms with E-state index in [9.17, 15) is 0 Å². The van der Waals surface area contributed by atoms with Crippen LogP contribution in [0.5, 0.6) is 0 Å². The largest absolute Gasteiger partial charge is 0.377 e. The quantitative estimate of drug-likeness (QED) is 0.537. The van der Waals surface area contributed by atoms with Crippen LogP contribution in [0.2, 0.25) is 0 Å². The van der Waals surface area contributed by atoms with E-state index in [0.29, 0.717) is 12.6 Å². The highest BCUT2D eigenvalue weighted by Crippen LogP contribution is 2.13. The molecule has 2 N–H and O–H groups in total. The average Bonchev–Trinajstić information content (AvgIpc) is 2.41. The van der Waals surface area contributed by atoms with Gasteiger partial charge in [-0.2, -0.15) is 0 Å². The van der Waals surface area contributed by atoms with E-state index < -0.39 is 0 Å². The fourth-order valence-corrected chi connectivity index (χ4v) is 1.06. The zero-order chi connectivity index (χ0) is 7.23. The smallest absolute Gasteiger partial charge is 0.0685 e. The van der Waals surface area contributed by atoms with Crippen LogP contribution in [0.15, 0.2) is 0 Å². The molecular weight excluding hydrogens is 126 g/mol. The number of ether oxygens (including phenoxy) is 1. The maximum Gasteiger partial charge on any atom is 0.0685 e. The van der Waals surface area contributed by atoms with Crippen LogP contribution in [0.1, 0.15) is 19.3 Å². The van der Waals surface area contributed by atoms with Gasteiger partial charge in [0.15, 0.2) is 0 Å². The molecule has 0 aromatic rings. The van der Waals surface area contributed by atoms with Crippen LogP contribution >= 0.6 is 0 Å². The molecule has 1 aliphatic heterocycles. The molecule has 0 bridgehead atoms. The molecule has 1 fully saturated rings. The summed E-state index contributed by atoms with van der Waals surface area (Å²) in [6.45, 7) is 1.38. The van der Waals surface area contributed by atoms with Gasteiger partial charge in [0.1, 0.15) is 0 Å². The standard InChI is InChI=1S/C8H13NO/c9-6-2-1-4-8-5-3-7-10-8/h8H,3-7,9H2. The summed E-state index contributed by atoms with van der Waals surface area (Å²) in [5.41, 5.74) is 5.20. The van der Waals surface area contributed by atoms with E-state index in [1.807, 2.05) is 0 Å². The first kappa shape index (κ1) is 7.59. The van der Waals surface area contributed by atoms with Crippen molar-refractivity contribution in [3.8, 4) is 11.8 Å². The van der Waals surface area contributed by atoms with E-state index in [4.69, 9.17) is 10.5 Å². The van der Waals surface area contributed by atoms with Gasteiger partial charge >= 0.3 is 0 Å². The van der Waals surface area contributed by atoms with Crippen LogP contribution in [0, 0.1) is 11.8 Å². The third kappa shape index (κ3) is 2.38. The predicted molar refractivity (Wildman–Crippen MR) is 40.4 cm³/mol. The maximum absolute atomic E-state index is 5.36. The van der Waals surface area contributed by atoms with Gasteiger partial charge in [-0.1, -0.05) is 11.8 Å². The van der Waals surface area contributed by atoms with Crippen molar-refractivity contribution in [3.63, 3.8) is 0 Å². The minimum absolute atomic E-state index is 0.388. The summed E-state index contributed by atoms with van der Waals surface area (Å²) in [6.07, 6.45) is 3.60. The molecule has 0 saturated carbocycles. The van der Waals surface area contributed by atoms with Crippen LogP contribution in [0.4, 0.5) is 0 Å². The molecule has 1 atom stereocenters. The molecule has 1 rings (SSSR count). The monoisotopic (exact) mass is 139 g/mol. The van der Waals surface area contributed by atoms with Crippen LogP contribution in [0.3, 0.4) is 0 Å². The summed E-state index contributed by atoms with van der Waals surface area (Å²) < 4.78 is 5.36. The summed E-state index contributed by atoms with van der Waals surface area (Å²) in [4.78, 5) is 0. The molecule has 1 heterocycles. The second kappa shape index (κ2) is 4.32. The van der Waals surface area contributed by atoms with Crippen molar-refractivity contribution >= 4 is 0 Å². The maximum atomic E-state index is 5.36. The molecule has 1 unspecified atom stereocenters. The summed E-state index contributed by atoms with van der Waals surface area (Å²) in [6, 6.07) is 0. The van der Waals surface area contributed by atoms with Crippen LogP contribution in [0.25, 0.3) is 0 Å². The fraction of sp³-hybridized carbons (Fsp3) is 0.750. The van der Waals surface area contributed by atoms with E-state index in [1.54, 1.807) is 0 Å². The first-order valence-corrected chi connectivity index (χ1v) is 3.71. The highest BCUT2D eigenvalue weighted by molar-refractivity contribution is 5.01. The Morgan fingerprint density at radius 3 is 3.00 bits per heavy atom. The van der Waals surface area contributed by atoms with E-state index in [2.05, 4.69) is 11.8 Å². The van der Waals surface area contributed by atoms with Gasteiger partial charge in [-0.25, -0.2) is 0 Å². The fourth-order valence-electron chi connectivity index (χ4n) is 1.06. The van der Waals surface area contributed by atoms with E-state index >= 15 is 0 Å². The summed E-state index contributed by atoms with van der Waals surface area (Å²) in [5, 5.41) is 0. The molecule has 2 nitrogen and oxygen atoms in total. The van der Waals surface area contributed by atoms with Gasteiger partial charge in [0.25, 0.3) is 0 Å². The Morgan fingerprint density at radius 1 is 1.50 bits per heavy atom. The van der Waals surface area contributed by atoms with E-state index in [0.717, 1.165) is 13.0 Å². The lowest BCUT2D eigenvalue weighted by Crippen LogP contribution is -2.02. The Morgan fingerprint density at radius 2 is 2.40 bits per heavy atom. The average molecular weight is 139 g/mol. The zero-order valence-corrected chi connectivity index (χ0v) is 6.10. The summed E-state index contributed by atoms with van der Waals surface area (Å²) in [7, 11) is 0. The minimum atomic E-state index is 0.388. The van der Waals surface area contributed by atoms with Crippen LogP contribution in [-0.2, 0) is 4.74 Å². The molecule has 2 heteroatoms. The molecule has 56 valence electrons. The highest BCUT2D eigenvalue weighted by Gasteiger charge is 2.12. The van der Waals surface area contributed by atoms with Gasteiger partial charge in [0.05, 0.1) is 12.6 Å². The highest BCUT2D eigenvalue weighted by atomic mass is 16.5. The molecule has 0 amide bonds. The molecule has 0 radical (unpaired) electrons. The predicted octanol–water partition coefficient (Wildman–Crippen LogP) is 0.518. The van der Waals surface area contributed by atoms with Gasteiger partial charge < -0.3 is 10.5 Å². The Hall–Kier alpha value is -0.520. The lowest BCUT2D eigenvalue weighted by atomic mass is 10.2. The van der Waals surface area contributed by atoms with Gasteiger partial charge in [0, 0.05) is 13.0 Å². The Labute approximate surface area is 61.7 Å². The first-order valence-electron chi connectivity index (χ1n) is 3.71. The zero-order valence-electron chi connectivity index (χ0n) is 6.10. The molecule has 0 spiro atoms. The normalized spacial score (nSPS) is 23.9. The minimum Gasteiger partial charge on any atom is -0.377 e. The first-order chi connectivity index (χ1) is 4.93. The number of hydrogen-bond donors (Lipinski definition) is 1. The Kier molecular flexibility index (Phi) is 3.28. The van der Waals surface area contributed by atoms with Crippen molar-refractivity contribution < 1.29 is 4.74 Å². The molecule has 1 aliphatic rings. The molecular formula is C8H13NO. The second-order valence-electron chi connectivity index (χ2n) is 2.40. The van der Waals surface area contributed by atoms with Crippen molar-refractivity contribution in [1.82, 2.24) is 0 Å². The molecule has 1 saturated heterocycles. The summed E-state index contributed by atoms with van der Waals surface area (Å²) in [5.74, 6) is 5.80.